The molecule has 0 aromatic heterocycles. The predicted octanol–water partition coefficient (Wildman–Crippen LogP) is 1.23. The highest BCUT2D eigenvalue weighted by molar-refractivity contribution is 5.34. The highest BCUT2D eigenvalue weighted by atomic mass is 16.3. The van der Waals surface area contributed by atoms with Gasteiger partial charge in [-0.1, -0.05) is 26.7 Å². The van der Waals surface area contributed by atoms with Gasteiger partial charge in [0.15, 0.2) is 0 Å². The molecule has 0 heterocycles. The summed E-state index contributed by atoms with van der Waals surface area (Å²) in [6, 6.07) is 0. The van der Waals surface area contributed by atoms with Crippen LogP contribution in [0.25, 0.3) is 0 Å². The van der Waals surface area contributed by atoms with Gasteiger partial charge in [0.25, 0.3) is 0 Å². The second-order valence-electron chi connectivity index (χ2n) is 0.945. The molecule has 0 bridgehead atoms. The average Bonchev–Trinajstić information content (AvgIpc) is 1.69. The molecule has 7 heavy (non-hydrogen) atoms. The van der Waals surface area contributed by atoms with Crippen LogP contribution in [-0.2, 0) is 4.79 Å². The maximum Gasteiger partial charge on any atom is 0.414 e. The summed E-state index contributed by atoms with van der Waals surface area (Å²) >= 11 is 0. The molecule has 42 valence electrons. The molecule has 0 aliphatic carbocycles. The van der Waals surface area contributed by atoms with E-state index in [0.717, 1.165) is 6.42 Å². The van der Waals surface area contributed by atoms with E-state index >= 15 is 0 Å². The van der Waals surface area contributed by atoms with Gasteiger partial charge < -0.3 is 5.11 Å². The largest absolute Gasteiger partial charge is 0.473 e. The van der Waals surface area contributed by atoms with Crippen molar-refractivity contribution in [2.24, 2.45) is 0 Å². The van der Waals surface area contributed by atoms with Crippen molar-refractivity contribution >= 4 is 6.47 Å². The maximum absolute atomic E-state index is 8.24. The smallest absolute Gasteiger partial charge is 0.414 e. The molecule has 0 unspecified atom stereocenters. The van der Waals surface area contributed by atoms with Gasteiger partial charge in [0.05, 0.1) is 0 Å². The molecular formula is C5H10O2. The zero-order valence-electron chi connectivity index (χ0n) is 4.48. The van der Waals surface area contributed by atoms with Crippen LogP contribution in [0.5, 0.6) is 0 Å². The first kappa shape index (κ1) is 9.69. The molecule has 2 radical (unpaired) electrons. The third kappa shape index (κ3) is 298. The van der Waals surface area contributed by atoms with E-state index in [4.69, 9.17) is 9.90 Å². The molecule has 0 fully saturated rings. The van der Waals surface area contributed by atoms with E-state index in [0.29, 0.717) is 6.47 Å². The molecule has 0 aromatic rings. The normalized spacial score (nSPS) is 6.00. The van der Waals surface area contributed by atoms with Crippen LogP contribution in [0.2, 0.25) is 0 Å². The van der Waals surface area contributed by atoms with Crippen molar-refractivity contribution in [3.05, 3.63) is 6.92 Å². The van der Waals surface area contributed by atoms with Crippen LogP contribution >= 0.6 is 0 Å². The molecule has 0 rings (SSSR count). The van der Waals surface area contributed by atoms with Gasteiger partial charge in [0.1, 0.15) is 0 Å². The summed E-state index contributed by atoms with van der Waals surface area (Å²) in [5.41, 5.74) is 0. The van der Waals surface area contributed by atoms with E-state index in [1.165, 1.54) is 6.42 Å². The molecule has 0 saturated carbocycles. The SMILES string of the molecule is O=[C]O.[CH2]CCC. The van der Waals surface area contributed by atoms with Crippen LogP contribution < -0.4 is 0 Å². The number of aliphatic hydroxyl groups excluding tert-OH is 1. The van der Waals surface area contributed by atoms with Crippen LogP contribution in [0, 0.1) is 6.92 Å². The average molecular weight is 102 g/mol. The Labute approximate surface area is 44.2 Å². The van der Waals surface area contributed by atoms with Crippen molar-refractivity contribution in [3.8, 4) is 0 Å². The Balaban J connectivity index is 0. The monoisotopic (exact) mass is 102 g/mol. The molecule has 0 spiro atoms. The van der Waals surface area contributed by atoms with Crippen molar-refractivity contribution in [2.75, 3.05) is 0 Å². The summed E-state index contributed by atoms with van der Waals surface area (Å²) in [5, 5.41) is 6.76. The summed E-state index contributed by atoms with van der Waals surface area (Å²) in [7, 11) is 0. The lowest BCUT2D eigenvalue weighted by molar-refractivity contribution is 0.437. The van der Waals surface area contributed by atoms with Crippen LogP contribution in [-0.4, -0.2) is 11.6 Å². The van der Waals surface area contributed by atoms with Gasteiger partial charge in [0.2, 0.25) is 0 Å². The van der Waals surface area contributed by atoms with Crippen molar-refractivity contribution in [3.63, 3.8) is 0 Å². The van der Waals surface area contributed by atoms with Gasteiger partial charge >= 0.3 is 6.47 Å². The summed E-state index contributed by atoms with van der Waals surface area (Å²) < 4.78 is 0. The molecule has 0 aromatic carbocycles. The molecule has 0 aliphatic heterocycles. The summed E-state index contributed by atoms with van der Waals surface area (Å²) in [4.78, 5) is 8.24. The standard InChI is InChI=1S/C4H9.CHO2/c1-3-4-2;2-1-3/h1,3-4H2,2H3;(H,2,3). The van der Waals surface area contributed by atoms with Crippen LogP contribution in [0.15, 0.2) is 0 Å². The van der Waals surface area contributed by atoms with Crippen molar-refractivity contribution in [1.82, 2.24) is 0 Å². The summed E-state index contributed by atoms with van der Waals surface area (Å²) in [5.74, 6) is 0. The topological polar surface area (TPSA) is 37.3 Å². The minimum atomic E-state index is 0.500. The highest BCUT2D eigenvalue weighted by Crippen LogP contribution is 1.75. The highest BCUT2D eigenvalue weighted by Gasteiger charge is 1.56. The first-order chi connectivity index (χ1) is 3.33. The quantitative estimate of drug-likeness (QED) is 0.540. The van der Waals surface area contributed by atoms with Crippen LogP contribution in [0.1, 0.15) is 19.8 Å². The Morgan fingerprint density at radius 2 is 2.00 bits per heavy atom. The van der Waals surface area contributed by atoms with Crippen molar-refractivity contribution in [1.29, 1.82) is 0 Å². The fourth-order valence-electron chi connectivity index (χ4n) is 0. The number of rotatable bonds is 1. The van der Waals surface area contributed by atoms with Gasteiger partial charge in [0, 0.05) is 0 Å². The molecular weight excluding hydrogens is 92.1 g/mol. The first-order valence-corrected chi connectivity index (χ1v) is 2.13. The minimum Gasteiger partial charge on any atom is -0.473 e. The van der Waals surface area contributed by atoms with Crippen molar-refractivity contribution in [2.45, 2.75) is 19.8 Å². The summed E-state index contributed by atoms with van der Waals surface area (Å²) in [6.45, 7) is 6.22. The van der Waals surface area contributed by atoms with Gasteiger partial charge in [-0.3, -0.25) is 0 Å². The molecule has 0 atom stereocenters. The lowest BCUT2D eigenvalue weighted by atomic mass is 10.4. The Morgan fingerprint density at radius 1 is 1.86 bits per heavy atom. The van der Waals surface area contributed by atoms with E-state index in [1.54, 1.807) is 0 Å². The maximum atomic E-state index is 8.24. The molecule has 0 amide bonds. The third-order valence-corrected chi connectivity index (χ3v) is 0.354. The first-order valence-electron chi connectivity index (χ1n) is 2.13. The van der Waals surface area contributed by atoms with E-state index < -0.39 is 0 Å². The predicted molar refractivity (Wildman–Crippen MR) is 28.6 cm³/mol. The zero-order chi connectivity index (χ0) is 6.12. The molecule has 0 saturated heterocycles. The van der Waals surface area contributed by atoms with E-state index in [2.05, 4.69) is 13.8 Å². The van der Waals surface area contributed by atoms with Gasteiger partial charge in [-0.15, -0.1) is 0 Å². The lowest BCUT2D eigenvalue weighted by Crippen LogP contribution is -1.48. The van der Waals surface area contributed by atoms with Crippen LogP contribution in [0.3, 0.4) is 0 Å². The van der Waals surface area contributed by atoms with Gasteiger partial charge in [-0.05, 0) is 0 Å². The Morgan fingerprint density at radius 3 is 2.00 bits per heavy atom. The fourth-order valence-corrected chi connectivity index (χ4v) is 0. The molecule has 2 nitrogen and oxygen atoms in total. The molecule has 2 heteroatoms. The Hall–Kier alpha value is -0.530. The van der Waals surface area contributed by atoms with E-state index in [-0.39, 0.29) is 0 Å². The van der Waals surface area contributed by atoms with E-state index in [9.17, 15) is 0 Å². The van der Waals surface area contributed by atoms with Crippen molar-refractivity contribution < 1.29 is 9.90 Å². The number of hydrogen-bond acceptors (Lipinski definition) is 1. The summed E-state index contributed by atoms with van der Waals surface area (Å²) in [6.07, 6.45) is 2.28. The Bertz CT molecular complexity index is 25.3. The van der Waals surface area contributed by atoms with Gasteiger partial charge in [-0.25, -0.2) is 4.79 Å². The Kier molecular flexibility index (Phi) is 24.8. The van der Waals surface area contributed by atoms with E-state index in [1.807, 2.05) is 0 Å². The number of hydrogen-bond donors (Lipinski definition) is 1. The fraction of sp³-hybridized carbons (Fsp3) is 0.600. The third-order valence-electron chi connectivity index (χ3n) is 0.354. The second kappa shape index (κ2) is 17.9. The second-order valence-corrected chi connectivity index (χ2v) is 0.945. The van der Waals surface area contributed by atoms with Crippen LogP contribution in [0.4, 0.5) is 0 Å². The molecule has 0 aliphatic rings. The zero-order valence-corrected chi connectivity index (χ0v) is 4.48. The minimum absolute atomic E-state index is 0.500. The van der Waals surface area contributed by atoms with Gasteiger partial charge in [-0.2, -0.15) is 0 Å². The molecule has 1 N–H and O–H groups in total. The number of unbranched alkanes of at least 4 members (excludes halogenated alkanes) is 1. The lowest BCUT2D eigenvalue weighted by Gasteiger charge is -1.67.